The number of nitrogens with zero attached hydrogens (tertiary/aromatic N) is 1. The zero-order valence-electron chi connectivity index (χ0n) is 6.24. The summed E-state index contributed by atoms with van der Waals surface area (Å²) in [5, 5.41) is 0.501. The van der Waals surface area contributed by atoms with Gasteiger partial charge in [-0.25, -0.2) is 4.98 Å². The number of hydrogen-bond donors (Lipinski definition) is 1. The van der Waals surface area contributed by atoms with Crippen LogP contribution in [0.5, 0.6) is 0 Å². The van der Waals surface area contributed by atoms with Gasteiger partial charge in [0, 0.05) is 5.69 Å². The Hall–Kier alpha value is -0.500. The molecule has 0 aliphatic heterocycles. The van der Waals surface area contributed by atoms with Gasteiger partial charge in [-0.1, -0.05) is 13.3 Å². The molecule has 0 unspecified atom stereocenters. The van der Waals surface area contributed by atoms with Gasteiger partial charge in [-0.3, -0.25) is 0 Å². The largest absolute Gasteiger partial charge is 0.332 e. The smallest absolute Gasteiger partial charge is 0.200 e. The van der Waals surface area contributed by atoms with Crippen molar-refractivity contribution in [2.45, 2.75) is 26.7 Å². The van der Waals surface area contributed by atoms with Crippen molar-refractivity contribution in [2.75, 3.05) is 0 Å². The molecule has 0 saturated heterocycles. The number of rotatable bonds is 2. The second-order valence-electron chi connectivity index (χ2n) is 2.34. The molecule has 0 atom stereocenters. The van der Waals surface area contributed by atoms with Crippen LogP contribution < -0.4 is 0 Å². The molecule has 3 heteroatoms. The lowest BCUT2D eigenvalue weighted by molar-refractivity contribution is 0.882. The summed E-state index contributed by atoms with van der Waals surface area (Å²) in [5.41, 5.74) is 2.18. The average molecular weight is 159 g/mol. The first-order valence-corrected chi connectivity index (χ1v) is 3.82. The molecule has 1 N–H and O–H groups in total. The summed E-state index contributed by atoms with van der Waals surface area (Å²) in [6, 6.07) is 0. The first-order chi connectivity index (χ1) is 4.74. The van der Waals surface area contributed by atoms with Crippen LogP contribution in [0.3, 0.4) is 0 Å². The normalized spacial score (nSPS) is 10.3. The molecule has 0 aliphatic rings. The topological polar surface area (TPSA) is 28.7 Å². The van der Waals surface area contributed by atoms with Crippen LogP contribution in [-0.4, -0.2) is 9.97 Å². The summed E-state index contributed by atoms with van der Waals surface area (Å²) in [7, 11) is 0. The van der Waals surface area contributed by atoms with Crippen molar-refractivity contribution in [3.05, 3.63) is 16.7 Å². The van der Waals surface area contributed by atoms with Crippen molar-refractivity contribution >= 4 is 11.6 Å². The van der Waals surface area contributed by atoms with Crippen LogP contribution in [0.15, 0.2) is 0 Å². The first-order valence-electron chi connectivity index (χ1n) is 3.45. The van der Waals surface area contributed by atoms with Crippen LogP contribution in [0.25, 0.3) is 0 Å². The van der Waals surface area contributed by atoms with Crippen molar-refractivity contribution in [1.29, 1.82) is 0 Å². The van der Waals surface area contributed by atoms with E-state index in [9.17, 15) is 0 Å². The Morgan fingerprint density at radius 2 is 2.30 bits per heavy atom. The van der Waals surface area contributed by atoms with Crippen molar-refractivity contribution < 1.29 is 0 Å². The van der Waals surface area contributed by atoms with Gasteiger partial charge in [-0.2, -0.15) is 0 Å². The Balaban J connectivity index is 2.81. The fraction of sp³-hybridized carbons (Fsp3) is 0.571. The molecule has 0 radical (unpaired) electrons. The number of hydrogen-bond acceptors (Lipinski definition) is 1. The van der Waals surface area contributed by atoms with Gasteiger partial charge in [-0.05, 0) is 24.9 Å². The molecule has 0 aliphatic carbocycles. The Labute approximate surface area is 65.6 Å². The van der Waals surface area contributed by atoms with Crippen LogP contribution in [0.4, 0.5) is 0 Å². The van der Waals surface area contributed by atoms with E-state index in [1.165, 1.54) is 0 Å². The predicted octanol–water partition coefficient (Wildman–Crippen LogP) is 2.32. The van der Waals surface area contributed by atoms with E-state index >= 15 is 0 Å². The Kier molecular flexibility index (Phi) is 2.33. The lowest BCUT2D eigenvalue weighted by Gasteiger charge is -1.91. The van der Waals surface area contributed by atoms with E-state index in [-0.39, 0.29) is 0 Å². The van der Waals surface area contributed by atoms with E-state index in [1.54, 1.807) is 0 Å². The number of nitrogens with one attached hydrogen (secondary N) is 1. The number of aryl methyl sites for hydroxylation is 2. The average Bonchev–Trinajstić information content (AvgIpc) is 2.13. The minimum absolute atomic E-state index is 0.501. The summed E-state index contributed by atoms with van der Waals surface area (Å²) in [6.45, 7) is 4.10. The highest BCUT2D eigenvalue weighted by Crippen LogP contribution is 2.10. The van der Waals surface area contributed by atoms with Gasteiger partial charge in [0.15, 0.2) is 5.28 Å². The molecular weight excluding hydrogens is 148 g/mol. The van der Waals surface area contributed by atoms with Crippen LogP contribution in [0, 0.1) is 6.92 Å². The highest BCUT2D eigenvalue weighted by Gasteiger charge is 2.01. The molecule has 1 aromatic heterocycles. The third-order valence-corrected chi connectivity index (χ3v) is 1.64. The number of aromatic nitrogens is 2. The van der Waals surface area contributed by atoms with E-state index in [2.05, 4.69) is 16.9 Å². The standard InChI is InChI=1S/C7H11ClN2/c1-3-4-6-5(2)9-7(8)10-6/h3-4H2,1-2H3,(H,9,10). The molecule has 0 aromatic carbocycles. The van der Waals surface area contributed by atoms with Gasteiger partial charge >= 0.3 is 0 Å². The summed E-state index contributed by atoms with van der Waals surface area (Å²) in [6.07, 6.45) is 2.16. The molecule has 1 rings (SSSR count). The van der Waals surface area contributed by atoms with E-state index in [0.717, 1.165) is 24.2 Å². The first kappa shape index (κ1) is 7.61. The molecular formula is C7H11ClN2. The highest BCUT2D eigenvalue weighted by molar-refractivity contribution is 6.28. The van der Waals surface area contributed by atoms with E-state index in [4.69, 9.17) is 11.6 Å². The third kappa shape index (κ3) is 1.51. The minimum atomic E-state index is 0.501. The maximum absolute atomic E-state index is 5.63. The monoisotopic (exact) mass is 158 g/mol. The second kappa shape index (κ2) is 3.06. The van der Waals surface area contributed by atoms with Crippen molar-refractivity contribution in [3.63, 3.8) is 0 Å². The van der Waals surface area contributed by atoms with Gasteiger partial charge in [-0.15, -0.1) is 0 Å². The zero-order valence-corrected chi connectivity index (χ0v) is 7.00. The SMILES string of the molecule is CCCc1[nH]c(Cl)nc1C. The molecule has 0 spiro atoms. The van der Waals surface area contributed by atoms with Gasteiger partial charge in [0.05, 0.1) is 5.69 Å². The summed E-state index contributed by atoms with van der Waals surface area (Å²) in [4.78, 5) is 7.04. The molecule has 0 amide bonds. The van der Waals surface area contributed by atoms with Crippen molar-refractivity contribution in [3.8, 4) is 0 Å². The van der Waals surface area contributed by atoms with Gasteiger partial charge in [0.25, 0.3) is 0 Å². The maximum Gasteiger partial charge on any atom is 0.200 e. The maximum atomic E-state index is 5.63. The van der Waals surface area contributed by atoms with Gasteiger partial charge in [0.2, 0.25) is 0 Å². The quantitative estimate of drug-likeness (QED) is 0.703. The zero-order chi connectivity index (χ0) is 7.56. The third-order valence-electron chi connectivity index (χ3n) is 1.46. The minimum Gasteiger partial charge on any atom is -0.332 e. The molecule has 1 aromatic rings. The van der Waals surface area contributed by atoms with Crippen molar-refractivity contribution in [1.82, 2.24) is 9.97 Å². The lowest BCUT2D eigenvalue weighted by atomic mass is 10.2. The van der Waals surface area contributed by atoms with Crippen molar-refractivity contribution in [2.24, 2.45) is 0 Å². The van der Waals surface area contributed by atoms with Crippen LogP contribution >= 0.6 is 11.6 Å². The summed E-state index contributed by atoms with van der Waals surface area (Å²) < 4.78 is 0. The molecule has 1 heterocycles. The molecule has 0 saturated carbocycles. The second-order valence-corrected chi connectivity index (χ2v) is 2.70. The Morgan fingerprint density at radius 3 is 2.70 bits per heavy atom. The fourth-order valence-corrected chi connectivity index (χ4v) is 1.19. The molecule has 56 valence electrons. The number of aromatic amines is 1. The molecule has 0 bridgehead atoms. The van der Waals surface area contributed by atoms with Crippen LogP contribution in [-0.2, 0) is 6.42 Å². The number of halogens is 1. The number of imidazole rings is 1. The van der Waals surface area contributed by atoms with Gasteiger partial charge in [0.1, 0.15) is 0 Å². The van der Waals surface area contributed by atoms with E-state index < -0.39 is 0 Å². The summed E-state index contributed by atoms with van der Waals surface area (Å²) >= 11 is 5.63. The Morgan fingerprint density at radius 1 is 1.60 bits per heavy atom. The fourth-order valence-electron chi connectivity index (χ4n) is 0.951. The molecule has 2 nitrogen and oxygen atoms in total. The van der Waals surface area contributed by atoms with Crippen LogP contribution in [0.2, 0.25) is 5.28 Å². The highest BCUT2D eigenvalue weighted by atomic mass is 35.5. The van der Waals surface area contributed by atoms with Gasteiger partial charge < -0.3 is 4.98 Å². The Bertz CT molecular complexity index is 217. The van der Waals surface area contributed by atoms with Crippen LogP contribution in [0.1, 0.15) is 24.7 Å². The molecule has 0 fully saturated rings. The van der Waals surface area contributed by atoms with E-state index in [0.29, 0.717) is 5.28 Å². The number of H-pyrrole nitrogens is 1. The molecule has 10 heavy (non-hydrogen) atoms. The lowest BCUT2D eigenvalue weighted by Crippen LogP contribution is -1.85. The predicted molar refractivity (Wildman–Crippen MR) is 42.3 cm³/mol. The summed E-state index contributed by atoms with van der Waals surface area (Å²) in [5.74, 6) is 0. The van der Waals surface area contributed by atoms with E-state index in [1.807, 2.05) is 6.92 Å².